The first-order valence-corrected chi connectivity index (χ1v) is 6.31. The molecular formula is C14H9ClF3NO3. The third-order valence-corrected chi connectivity index (χ3v) is 3.30. The zero-order chi connectivity index (χ0) is 16.5. The maximum atomic E-state index is 12.6. The molecule has 0 spiro atoms. The first-order chi connectivity index (χ1) is 10.2. The van der Waals surface area contributed by atoms with Crippen LogP contribution in [0.15, 0.2) is 36.4 Å². The van der Waals surface area contributed by atoms with Gasteiger partial charge in [0.05, 0.1) is 17.6 Å². The molecule has 0 bridgehead atoms. The van der Waals surface area contributed by atoms with Gasteiger partial charge >= 0.3 is 11.9 Å². The highest BCUT2D eigenvalue weighted by Crippen LogP contribution is 2.38. The minimum absolute atomic E-state index is 0.00142. The van der Waals surface area contributed by atoms with Crippen molar-refractivity contribution < 1.29 is 22.8 Å². The average Bonchev–Trinajstić information content (AvgIpc) is 2.45. The average molecular weight is 332 g/mol. The topological polar surface area (TPSA) is 52.4 Å². The molecule has 0 aromatic heterocycles. The van der Waals surface area contributed by atoms with Crippen LogP contribution in [0.4, 0.5) is 18.9 Å². The molecule has 22 heavy (non-hydrogen) atoms. The molecule has 8 heteroatoms. The summed E-state index contributed by atoms with van der Waals surface area (Å²) in [5, 5.41) is 10.7. The van der Waals surface area contributed by atoms with Crippen molar-refractivity contribution in [3.63, 3.8) is 0 Å². The molecule has 0 aliphatic rings. The number of benzene rings is 2. The fourth-order valence-electron chi connectivity index (χ4n) is 1.92. The van der Waals surface area contributed by atoms with Crippen LogP contribution < -0.4 is 4.74 Å². The Hall–Kier alpha value is -2.28. The lowest BCUT2D eigenvalue weighted by Gasteiger charge is -2.11. The summed E-state index contributed by atoms with van der Waals surface area (Å²) in [5.74, 6) is -0.00142. The van der Waals surface area contributed by atoms with E-state index < -0.39 is 16.7 Å². The summed E-state index contributed by atoms with van der Waals surface area (Å²) in [6, 6.07) is 6.88. The van der Waals surface area contributed by atoms with Gasteiger partial charge in [0.1, 0.15) is 0 Å². The molecule has 2 rings (SSSR count). The molecule has 0 aliphatic carbocycles. The van der Waals surface area contributed by atoms with Gasteiger partial charge in [0.2, 0.25) is 0 Å². The number of nitrogens with zero attached hydrogens (tertiary/aromatic N) is 1. The van der Waals surface area contributed by atoms with Crippen molar-refractivity contribution in [3.8, 4) is 16.9 Å². The molecule has 0 fully saturated rings. The lowest BCUT2D eigenvalue weighted by atomic mass is 10.0. The Balaban J connectivity index is 2.51. The molecule has 0 amide bonds. The minimum Gasteiger partial charge on any atom is -0.490 e. The van der Waals surface area contributed by atoms with Gasteiger partial charge in [-0.1, -0.05) is 17.7 Å². The fraction of sp³-hybridized carbons (Fsp3) is 0.143. The first-order valence-electron chi connectivity index (χ1n) is 5.93. The van der Waals surface area contributed by atoms with Crippen molar-refractivity contribution in [2.75, 3.05) is 7.11 Å². The van der Waals surface area contributed by atoms with Gasteiger partial charge in [-0.3, -0.25) is 10.1 Å². The molecule has 0 saturated carbocycles. The number of methoxy groups -OCH3 is 1. The van der Waals surface area contributed by atoms with E-state index in [0.717, 1.165) is 12.1 Å². The molecule has 0 atom stereocenters. The van der Waals surface area contributed by atoms with E-state index in [9.17, 15) is 23.3 Å². The van der Waals surface area contributed by atoms with Crippen LogP contribution in [0.5, 0.6) is 5.75 Å². The van der Waals surface area contributed by atoms with Gasteiger partial charge in [0, 0.05) is 16.7 Å². The SMILES string of the molecule is COc1cc(-c2ccc(C(F)(F)F)cc2Cl)ccc1[N+](=O)[O-]. The van der Waals surface area contributed by atoms with Gasteiger partial charge in [-0.05, 0) is 29.8 Å². The minimum atomic E-state index is -4.49. The van der Waals surface area contributed by atoms with Crippen molar-refractivity contribution in [2.45, 2.75) is 6.18 Å². The summed E-state index contributed by atoms with van der Waals surface area (Å²) in [7, 11) is 1.26. The Morgan fingerprint density at radius 3 is 2.36 bits per heavy atom. The zero-order valence-electron chi connectivity index (χ0n) is 11.1. The molecule has 0 unspecified atom stereocenters. The zero-order valence-corrected chi connectivity index (χ0v) is 11.9. The summed E-state index contributed by atoms with van der Waals surface area (Å²) >= 11 is 5.89. The predicted octanol–water partition coefficient (Wildman–Crippen LogP) is 4.94. The number of rotatable bonds is 3. The highest BCUT2D eigenvalue weighted by molar-refractivity contribution is 6.33. The van der Waals surface area contributed by atoms with E-state index in [-0.39, 0.29) is 16.5 Å². The maximum Gasteiger partial charge on any atom is 0.416 e. The number of hydrogen-bond donors (Lipinski definition) is 0. The Morgan fingerprint density at radius 2 is 1.86 bits per heavy atom. The van der Waals surface area contributed by atoms with Crippen LogP contribution in [-0.4, -0.2) is 12.0 Å². The van der Waals surface area contributed by atoms with E-state index in [1.165, 1.54) is 31.4 Å². The van der Waals surface area contributed by atoms with Crippen molar-refractivity contribution in [1.82, 2.24) is 0 Å². The second-order valence-electron chi connectivity index (χ2n) is 4.34. The van der Waals surface area contributed by atoms with Gasteiger partial charge in [-0.2, -0.15) is 13.2 Å². The van der Waals surface area contributed by atoms with Gasteiger partial charge in [-0.25, -0.2) is 0 Å². The number of hydrogen-bond acceptors (Lipinski definition) is 3. The van der Waals surface area contributed by atoms with Gasteiger partial charge in [0.25, 0.3) is 0 Å². The summed E-state index contributed by atoms with van der Waals surface area (Å²) in [6.07, 6.45) is -4.49. The van der Waals surface area contributed by atoms with Crippen LogP contribution in [0, 0.1) is 10.1 Å². The van der Waals surface area contributed by atoms with E-state index in [4.69, 9.17) is 16.3 Å². The summed E-state index contributed by atoms with van der Waals surface area (Å²) < 4.78 is 42.7. The van der Waals surface area contributed by atoms with Crippen LogP contribution in [-0.2, 0) is 6.18 Å². The monoisotopic (exact) mass is 331 g/mol. The molecule has 0 saturated heterocycles. The van der Waals surface area contributed by atoms with Crippen LogP contribution in [0.2, 0.25) is 5.02 Å². The van der Waals surface area contributed by atoms with Gasteiger partial charge in [-0.15, -0.1) is 0 Å². The molecule has 4 nitrogen and oxygen atoms in total. The van der Waals surface area contributed by atoms with Gasteiger partial charge < -0.3 is 4.74 Å². The normalized spacial score (nSPS) is 11.3. The smallest absolute Gasteiger partial charge is 0.416 e. The third kappa shape index (κ3) is 3.14. The molecule has 116 valence electrons. The standard InChI is InChI=1S/C14H9ClF3NO3/c1-22-13-6-8(2-5-12(13)19(20)21)10-4-3-9(7-11(10)15)14(16,17)18/h2-7H,1H3. The fourth-order valence-corrected chi connectivity index (χ4v) is 2.21. The maximum absolute atomic E-state index is 12.6. The number of nitro benzene ring substituents is 1. The van der Waals surface area contributed by atoms with Crippen LogP contribution in [0.25, 0.3) is 11.1 Å². The molecule has 0 aliphatic heterocycles. The molecule has 2 aromatic carbocycles. The van der Waals surface area contributed by atoms with Crippen molar-refractivity contribution in [3.05, 3.63) is 57.1 Å². The molecule has 0 radical (unpaired) electrons. The third-order valence-electron chi connectivity index (χ3n) is 2.98. The molecule has 0 N–H and O–H groups in total. The highest BCUT2D eigenvalue weighted by Gasteiger charge is 2.31. The summed E-state index contributed by atoms with van der Waals surface area (Å²) in [5.41, 5.74) is -0.367. The first kappa shape index (κ1) is 16.1. The molecular weight excluding hydrogens is 323 g/mol. The van der Waals surface area contributed by atoms with E-state index >= 15 is 0 Å². The quantitative estimate of drug-likeness (QED) is 0.591. The van der Waals surface area contributed by atoms with Crippen molar-refractivity contribution >= 4 is 17.3 Å². The van der Waals surface area contributed by atoms with E-state index in [2.05, 4.69) is 0 Å². The number of nitro groups is 1. The lowest BCUT2D eigenvalue weighted by molar-refractivity contribution is -0.385. The summed E-state index contributed by atoms with van der Waals surface area (Å²) in [4.78, 5) is 10.2. The molecule has 2 aromatic rings. The Bertz CT molecular complexity index is 732. The van der Waals surface area contributed by atoms with E-state index in [1.807, 2.05) is 0 Å². The number of ether oxygens (including phenoxy) is 1. The van der Waals surface area contributed by atoms with Gasteiger partial charge in [0.15, 0.2) is 5.75 Å². The predicted molar refractivity (Wildman–Crippen MR) is 75.1 cm³/mol. The lowest BCUT2D eigenvalue weighted by Crippen LogP contribution is -2.04. The molecule has 0 heterocycles. The van der Waals surface area contributed by atoms with Crippen LogP contribution in [0.1, 0.15) is 5.56 Å². The second kappa shape index (κ2) is 5.84. The van der Waals surface area contributed by atoms with Crippen LogP contribution in [0.3, 0.4) is 0 Å². The van der Waals surface area contributed by atoms with E-state index in [1.54, 1.807) is 0 Å². The highest BCUT2D eigenvalue weighted by atomic mass is 35.5. The van der Waals surface area contributed by atoms with Crippen molar-refractivity contribution in [2.24, 2.45) is 0 Å². The van der Waals surface area contributed by atoms with Crippen molar-refractivity contribution in [1.29, 1.82) is 0 Å². The van der Waals surface area contributed by atoms with E-state index in [0.29, 0.717) is 11.1 Å². The largest absolute Gasteiger partial charge is 0.490 e. The second-order valence-corrected chi connectivity index (χ2v) is 4.74. The number of alkyl halides is 3. The summed E-state index contributed by atoms with van der Waals surface area (Å²) in [6.45, 7) is 0. The Morgan fingerprint density at radius 1 is 1.18 bits per heavy atom. The van der Waals surface area contributed by atoms with Crippen LogP contribution >= 0.6 is 11.6 Å². The Kier molecular flexibility index (Phi) is 4.27. The number of halogens is 4. The Labute approximate surface area is 128 Å².